The number of hydrogen-bond donors (Lipinski definition) is 2. The van der Waals surface area contributed by atoms with Gasteiger partial charge in [-0.1, -0.05) is 0 Å². The Morgan fingerprint density at radius 1 is 0.559 bits per heavy atom. The lowest BCUT2D eigenvalue weighted by Gasteiger charge is -2.40. The van der Waals surface area contributed by atoms with Crippen LogP contribution in [0.5, 0.6) is 11.5 Å². The van der Waals surface area contributed by atoms with E-state index in [1.807, 2.05) is 84.6 Å². The van der Waals surface area contributed by atoms with Gasteiger partial charge in [0.25, 0.3) is 0 Å². The predicted molar refractivity (Wildman–Crippen MR) is 211 cm³/mol. The van der Waals surface area contributed by atoms with Crippen LogP contribution in [0.1, 0.15) is 36.1 Å². The van der Waals surface area contributed by atoms with Gasteiger partial charge in [0, 0.05) is 99.1 Å². The molecule has 2 atom stereocenters. The molecule has 308 valence electrons. The Labute approximate surface area is 336 Å². The summed E-state index contributed by atoms with van der Waals surface area (Å²) in [5, 5.41) is 14.9. The van der Waals surface area contributed by atoms with Crippen molar-refractivity contribution < 1.29 is 31.1 Å². The lowest BCUT2D eigenvalue weighted by atomic mass is 10.1. The highest BCUT2D eigenvalue weighted by atomic mass is 19.4. The predicted octanol–water partition coefficient (Wildman–Crippen LogP) is 8.51. The van der Waals surface area contributed by atoms with Crippen LogP contribution in [-0.2, 0) is 25.4 Å². The lowest BCUT2D eigenvalue weighted by molar-refractivity contribution is -0.138. The zero-order valence-corrected chi connectivity index (χ0v) is 32.3. The molecule has 2 saturated heterocycles. The van der Waals surface area contributed by atoms with Crippen molar-refractivity contribution >= 4 is 11.6 Å². The molecule has 2 unspecified atom stereocenters. The molecule has 2 aliphatic rings. The van der Waals surface area contributed by atoms with Gasteiger partial charge in [0.2, 0.25) is 0 Å². The maximum atomic E-state index is 13.0. The third kappa shape index (κ3) is 9.05. The fraction of sp³-hybridized carbons (Fsp3) is 0.333. The number of anilines is 2. The first-order chi connectivity index (χ1) is 28.3. The Morgan fingerprint density at radius 3 is 1.31 bits per heavy atom. The second-order valence-corrected chi connectivity index (χ2v) is 15.1. The van der Waals surface area contributed by atoms with Crippen LogP contribution in [0, 0.1) is 0 Å². The van der Waals surface area contributed by atoms with Crippen molar-refractivity contribution in [3.63, 3.8) is 0 Å². The number of alkyl halides is 6. The minimum atomic E-state index is -4.42. The summed E-state index contributed by atoms with van der Waals surface area (Å²) in [4.78, 5) is 16.9. The monoisotopic (exact) mass is 816 g/mol. The average molecular weight is 817 g/mol. The fourth-order valence-electron chi connectivity index (χ4n) is 7.84. The highest BCUT2D eigenvalue weighted by Crippen LogP contribution is 2.33. The third-order valence-corrected chi connectivity index (χ3v) is 10.9. The molecule has 0 spiro atoms. The molecular formula is C42H42F6N10O. The Balaban J connectivity index is 0.838. The minimum absolute atomic E-state index is 0.0532. The third-order valence-electron chi connectivity index (χ3n) is 10.9. The van der Waals surface area contributed by atoms with E-state index in [1.165, 1.54) is 12.1 Å². The summed E-state index contributed by atoms with van der Waals surface area (Å²) >= 11 is 0. The summed E-state index contributed by atoms with van der Waals surface area (Å²) in [5.41, 5.74) is 4.29. The fourth-order valence-corrected chi connectivity index (χ4v) is 7.84. The van der Waals surface area contributed by atoms with E-state index in [2.05, 4.69) is 40.2 Å². The van der Waals surface area contributed by atoms with Crippen LogP contribution in [-0.4, -0.2) is 91.5 Å². The van der Waals surface area contributed by atoms with Crippen LogP contribution in [0.2, 0.25) is 0 Å². The molecule has 6 heterocycles. The van der Waals surface area contributed by atoms with Gasteiger partial charge in [-0.2, -0.15) is 36.5 Å². The molecule has 17 heteroatoms. The van der Waals surface area contributed by atoms with E-state index in [9.17, 15) is 26.3 Å². The van der Waals surface area contributed by atoms with Gasteiger partial charge in [-0.15, -0.1) is 0 Å². The molecule has 59 heavy (non-hydrogen) atoms. The maximum Gasteiger partial charge on any atom is 0.417 e. The van der Waals surface area contributed by atoms with Crippen LogP contribution in [0.15, 0.2) is 97.6 Å². The van der Waals surface area contributed by atoms with Crippen molar-refractivity contribution in [2.24, 2.45) is 0 Å². The molecule has 2 aliphatic heterocycles. The van der Waals surface area contributed by atoms with Crippen LogP contribution >= 0.6 is 0 Å². The van der Waals surface area contributed by atoms with Crippen molar-refractivity contribution in [3.05, 3.63) is 120 Å². The summed E-state index contributed by atoms with van der Waals surface area (Å²) in [6.07, 6.45) is -3.40. The first-order valence-corrected chi connectivity index (χ1v) is 19.3. The SMILES string of the molecule is CC1CN(Cc2cn[nH]c2-c2ccc(Oc3ccc(-c4[nH]ncc4CN4CCN(c5ccc(C(F)(F)F)cn5)C(C)C4)cc3)cc2)CCN1c1ccc(C(F)(F)F)cn1. The Kier molecular flexibility index (Phi) is 11.1. The quantitative estimate of drug-likeness (QED) is 0.132. The first-order valence-electron chi connectivity index (χ1n) is 19.3. The van der Waals surface area contributed by atoms with Crippen molar-refractivity contribution in [2.45, 2.75) is 51.4 Å². The average Bonchev–Trinajstić information content (AvgIpc) is 3.88. The number of rotatable bonds is 10. The van der Waals surface area contributed by atoms with Crippen LogP contribution in [0.25, 0.3) is 22.5 Å². The molecule has 2 aromatic carbocycles. The molecule has 11 nitrogen and oxygen atoms in total. The summed E-state index contributed by atoms with van der Waals surface area (Å²) < 4.78 is 84.3. The van der Waals surface area contributed by atoms with E-state index in [0.29, 0.717) is 62.4 Å². The minimum Gasteiger partial charge on any atom is -0.457 e. The first kappa shape index (κ1) is 39.9. The number of aromatic amines is 2. The van der Waals surface area contributed by atoms with Gasteiger partial charge in [-0.3, -0.25) is 20.0 Å². The Morgan fingerprint density at radius 2 is 0.966 bits per heavy atom. The molecule has 4 aromatic heterocycles. The van der Waals surface area contributed by atoms with E-state index < -0.39 is 23.5 Å². The van der Waals surface area contributed by atoms with E-state index in [0.717, 1.165) is 71.3 Å². The molecule has 2 N–H and O–H groups in total. The summed E-state index contributed by atoms with van der Waals surface area (Å²) in [7, 11) is 0. The molecule has 0 amide bonds. The standard InChI is InChI=1S/C42H42F6N10O/c1-27-23-55(15-17-57(27)37-13-7-33(21-49-37)41(43,44)45)25-31-19-51-53-39(31)29-3-9-35(10-4-29)59-36-11-5-30(6-12-36)40-32(20-52-54-40)26-56-16-18-58(28(2)24-56)38-14-8-34(22-50-38)42(46,47)48/h3-14,19-22,27-28H,15-18,23-26H2,1-2H3,(H,51,53)(H,52,54). The van der Waals surface area contributed by atoms with E-state index in [4.69, 9.17) is 4.74 Å². The van der Waals surface area contributed by atoms with Gasteiger partial charge in [-0.25, -0.2) is 9.97 Å². The topological polar surface area (TPSA) is 105 Å². The second kappa shape index (κ2) is 16.4. The highest BCUT2D eigenvalue weighted by Gasteiger charge is 2.33. The van der Waals surface area contributed by atoms with Crippen LogP contribution in [0.3, 0.4) is 0 Å². The van der Waals surface area contributed by atoms with Crippen molar-refractivity contribution in [1.29, 1.82) is 0 Å². The zero-order chi connectivity index (χ0) is 41.3. The Bertz CT molecular complexity index is 2150. The van der Waals surface area contributed by atoms with Gasteiger partial charge in [0.1, 0.15) is 23.1 Å². The number of nitrogens with zero attached hydrogens (tertiary/aromatic N) is 8. The number of H-pyrrole nitrogens is 2. The number of halogens is 6. The number of hydrogen-bond acceptors (Lipinski definition) is 9. The van der Waals surface area contributed by atoms with Crippen molar-refractivity contribution in [3.8, 4) is 34.0 Å². The number of aromatic nitrogens is 6. The molecule has 0 radical (unpaired) electrons. The zero-order valence-electron chi connectivity index (χ0n) is 32.3. The van der Waals surface area contributed by atoms with Gasteiger partial charge < -0.3 is 14.5 Å². The van der Waals surface area contributed by atoms with Crippen molar-refractivity contribution in [2.75, 3.05) is 49.1 Å². The smallest absolute Gasteiger partial charge is 0.417 e. The van der Waals surface area contributed by atoms with Crippen molar-refractivity contribution in [1.82, 2.24) is 40.2 Å². The van der Waals surface area contributed by atoms with Crippen LogP contribution in [0.4, 0.5) is 38.0 Å². The van der Waals surface area contributed by atoms with Gasteiger partial charge >= 0.3 is 12.4 Å². The summed E-state index contributed by atoms with van der Waals surface area (Å²) in [6, 6.07) is 20.7. The van der Waals surface area contributed by atoms with Crippen LogP contribution < -0.4 is 14.5 Å². The summed E-state index contributed by atoms with van der Waals surface area (Å²) in [5.74, 6) is 2.42. The Hall–Kier alpha value is -5.94. The van der Waals surface area contributed by atoms with E-state index in [-0.39, 0.29) is 12.1 Å². The maximum absolute atomic E-state index is 13.0. The molecule has 6 aromatic rings. The van der Waals surface area contributed by atoms with Gasteiger partial charge in [0.15, 0.2) is 0 Å². The lowest BCUT2D eigenvalue weighted by Crippen LogP contribution is -2.51. The number of ether oxygens (including phenoxy) is 1. The van der Waals surface area contributed by atoms with E-state index in [1.54, 1.807) is 0 Å². The molecule has 0 aliphatic carbocycles. The summed E-state index contributed by atoms with van der Waals surface area (Å²) in [6.45, 7) is 9.55. The largest absolute Gasteiger partial charge is 0.457 e. The number of benzene rings is 2. The van der Waals surface area contributed by atoms with Gasteiger partial charge in [0.05, 0.1) is 34.9 Å². The molecule has 2 fully saturated rings. The molecule has 0 bridgehead atoms. The molecular weight excluding hydrogens is 775 g/mol. The van der Waals surface area contributed by atoms with E-state index >= 15 is 0 Å². The molecule has 0 saturated carbocycles. The normalized spacial score (nSPS) is 18.4. The highest BCUT2D eigenvalue weighted by molar-refractivity contribution is 5.65. The number of pyridine rings is 2. The number of nitrogens with one attached hydrogen (secondary N) is 2. The van der Waals surface area contributed by atoms with Gasteiger partial charge in [-0.05, 0) is 86.6 Å². The number of piperazine rings is 2. The molecule has 8 rings (SSSR count). The second-order valence-electron chi connectivity index (χ2n) is 15.1.